The zero-order valence-corrected chi connectivity index (χ0v) is 10.7. The van der Waals surface area contributed by atoms with E-state index in [-0.39, 0.29) is 0 Å². The predicted octanol–water partition coefficient (Wildman–Crippen LogP) is 1.47. The van der Waals surface area contributed by atoms with Crippen molar-refractivity contribution in [3.8, 4) is 0 Å². The molecule has 2 fully saturated rings. The Morgan fingerprint density at radius 1 is 1.31 bits per heavy atom. The van der Waals surface area contributed by atoms with E-state index in [4.69, 9.17) is 10.5 Å². The van der Waals surface area contributed by atoms with Gasteiger partial charge in [0.15, 0.2) is 0 Å². The van der Waals surface area contributed by atoms with E-state index in [1.165, 1.54) is 25.7 Å². The van der Waals surface area contributed by atoms with Crippen molar-refractivity contribution >= 4 is 0 Å². The Kier molecular flexibility index (Phi) is 4.22. The van der Waals surface area contributed by atoms with Crippen molar-refractivity contribution in [1.82, 2.24) is 4.90 Å². The van der Waals surface area contributed by atoms with E-state index in [2.05, 4.69) is 11.8 Å². The molecule has 2 saturated heterocycles. The second kappa shape index (κ2) is 5.48. The number of piperidine rings is 1. The molecule has 3 heteroatoms. The molecule has 2 aliphatic rings. The maximum Gasteiger partial charge on any atom is 0.0589 e. The molecule has 2 N–H and O–H groups in total. The van der Waals surface area contributed by atoms with Crippen LogP contribution < -0.4 is 5.73 Å². The predicted molar refractivity (Wildman–Crippen MR) is 66.3 cm³/mol. The normalized spacial score (nSPS) is 36.6. The van der Waals surface area contributed by atoms with Crippen molar-refractivity contribution in [2.24, 2.45) is 17.6 Å². The average Bonchev–Trinajstić information content (AvgIpc) is 2.54. The SMILES string of the molecule is COCCN1C2CCC1CC(C(C)CN)C2. The summed E-state index contributed by atoms with van der Waals surface area (Å²) < 4.78 is 5.20. The molecular weight excluding hydrogens is 200 g/mol. The molecule has 94 valence electrons. The first-order valence-electron chi connectivity index (χ1n) is 6.71. The minimum atomic E-state index is 0.702. The first-order valence-corrected chi connectivity index (χ1v) is 6.71. The zero-order chi connectivity index (χ0) is 11.5. The van der Waals surface area contributed by atoms with Crippen LogP contribution in [0.1, 0.15) is 32.6 Å². The molecule has 2 aliphatic heterocycles. The molecule has 0 aromatic carbocycles. The molecular formula is C13H26N2O. The van der Waals surface area contributed by atoms with Gasteiger partial charge in [-0.3, -0.25) is 4.90 Å². The highest BCUT2D eigenvalue weighted by molar-refractivity contribution is 4.96. The van der Waals surface area contributed by atoms with Crippen molar-refractivity contribution < 1.29 is 4.74 Å². The van der Waals surface area contributed by atoms with Crippen molar-refractivity contribution in [3.63, 3.8) is 0 Å². The van der Waals surface area contributed by atoms with Crippen LogP contribution in [0.3, 0.4) is 0 Å². The van der Waals surface area contributed by atoms with Crippen molar-refractivity contribution in [3.05, 3.63) is 0 Å². The molecule has 2 bridgehead atoms. The average molecular weight is 226 g/mol. The van der Waals surface area contributed by atoms with Gasteiger partial charge in [0.2, 0.25) is 0 Å². The van der Waals surface area contributed by atoms with Crippen LogP contribution in [-0.4, -0.2) is 43.8 Å². The topological polar surface area (TPSA) is 38.5 Å². The van der Waals surface area contributed by atoms with Crippen LogP contribution in [0.15, 0.2) is 0 Å². The number of methoxy groups -OCH3 is 1. The second-order valence-electron chi connectivity index (χ2n) is 5.56. The van der Waals surface area contributed by atoms with Gasteiger partial charge >= 0.3 is 0 Å². The minimum absolute atomic E-state index is 0.702. The van der Waals surface area contributed by atoms with Crippen LogP contribution in [-0.2, 0) is 4.74 Å². The van der Waals surface area contributed by atoms with Crippen LogP contribution in [0.4, 0.5) is 0 Å². The third kappa shape index (κ3) is 2.41. The van der Waals surface area contributed by atoms with Gasteiger partial charge in [0.05, 0.1) is 6.61 Å². The highest BCUT2D eigenvalue weighted by atomic mass is 16.5. The Hall–Kier alpha value is -0.120. The van der Waals surface area contributed by atoms with Crippen molar-refractivity contribution in [2.75, 3.05) is 26.8 Å². The molecule has 0 spiro atoms. The first kappa shape index (κ1) is 12.3. The maximum atomic E-state index is 5.80. The number of rotatable bonds is 5. The molecule has 3 atom stereocenters. The van der Waals surface area contributed by atoms with E-state index in [0.717, 1.165) is 37.7 Å². The van der Waals surface area contributed by atoms with Crippen LogP contribution >= 0.6 is 0 Å². The number of fused-ring (bicyclic) bond motifs is 2. The molecule has 16 heavy (non-hydrogen) atoms. The van der Waals surface area contributed by atoms with Gasteiger partial charge in [-0.15, -0.1) is 0 Å². The Morgan fingerprint density at radius 2 is 1.94 bits per heavy atom. The van der Waals surface area contributed by atoms with E-state index < -0.39 is 0 Å². The Labute approximate surface area is 99.3 Å². The summed E-state index contributed by atoms with van der Waals surface area (Å²) in [5.74, 6) is 1.56. The van der Waals surface area contributed by atoms with Crippen LogP contribution in [0, 0.1) is 11.8 Å². The summed E-state index contributed by atoms with van der Waals surface area (Å²) >= 11 is 0. The van der Waals surface area contributed by atoms with E-state index in [1.807, 2.05) is 0 Å². The second-order valence-corrected chi connectivity index (χ2v) is 5.56. The summed E-state index contributed by atoms with van der Waals surface area (Å²) in [6.07, 6.45) is 5.50. The largest absolute Gasteiger partial charge is 0.383 e. The van der Waals surface area contributed by atoms with Crippen LogP contribution in [0.2, 0.25) is 0 Å². The summed E-state index contributed by atoms with van der Waals surface area (Å²) in [6, 6.07) is 1.63. The Bertz CT molecular complexity index is 208. The number of nitrogens with zero attached hydrogens (tertiary/aromatic N) is 1. The van der Waals surface area contributed by atoms with Gasteiger partial charge in [0.25, 0.3) is 0 Å². The highest BCUT2D eigenvalue weighted by Crippen LogP contribution is 2.40. The summed E-state index contributed by atoms with van der Waals surface area (Å²) in [7, 11) is 1.80. The summed E-state index contributed by atoms with van der Waals surface area (Å²) in [6.45, 7) is 5.16. The van der Waals surface area contributed by atoms with Gasteiger partial charge in [-0.1, -0.05) is 6.92 Å². The van der Waals surface area contributed by atoms with E-state index in [0.29, 0.717) is 5.92 Å². The van der Waals surface area contributed by atoms with Gasteiger partial charge in [0.1, 0.15) is 0 Å². The molecule has 3 nitrogen and oxygen atoms in total. The Morgan fingerprint density at radius 3 is 2.44 bits per heavy atom. The lowest BCUT2D eigenvalue weighted by Gasteiger charge is -2.40. The van der Waals surface area contributed by atoms with E-state index in [9.17, 15) is 0 Å². The van der Waals surface area contributed by atoms with E-state index >= 15 is 0 Å². The maximum absolute atomic E-state index is 5.80. The molecule has 0 saturated carbocycles. The number of hydrogen-bond donors (Lipinski definition) is 1. The molecule has 2 rings (SSSR count). The van der Waals surface area contributed by atoms with Crippen LogP contribution in [0.25, 0.3) is 0 Å². The van der Waals surface area contributed by atoms with Crippen LogP contribution in [0.5, 0.6) is 0 Å². The van der Waals surface area contributed by atoms with Gasteiger partial charge in [0, 0.05) is 25.7 Å². The monoisotopic (exact) mass is 226 g/mol. The molecule has 0 aromatic heterocycles. The fraction of sp³-hybridized carbons (Fsp3) is 1.00. The lowest BCUT2D eigenvalue weighted by molar-refractivity contribution is 0.0563. The van der Waals surface area contributed by atoms with Gasteiger partial charge in [-0.05, 0) is 44.1 Å². The molecule has 0 aliphatic carbocycles. The third-order valence-electron chi connectivity index (χ3n) is 4.65. The lowest BCUT2D eigenvalue weighted by Crippen LogP contribution is -2.46. The molecule has 0 aromatic rings. The van der Waals surface area contributed by atoms with Gasteiger partial charge < -0.3 is 10.5 Å². The molecule has 0 radical (unpaired) electrons. The quantitative estimate of drug-likeness (QED) is 0.771. The Balaban J connectivity index is 1.90. The minimum Gasteiger partial charge on any atom is -0.383 e. The standard InChI is InChI=1S/C13H26N2O/c1-10(9-14)11-7-12-3-4-13(8-11)15(12)5-6-16-2/h10-13H,3-9,14H2,1-2H3. The highest BCUT2D eigenvalue weighted by Gasteiger charge is 2.41. The zero-order valence-electron chi connectivity index (χ0n) is 10.7. The molecule has 0 amide bonds. The van der Waals surface area contributed by atoms with Gasteiger partial charge in [-0.2, -0.15) is 0 Å². The number of nitrogens with two attached hydrogens (primary N) is 1. The van der Waals surface area contributed by atoms with Crippen molar-refractivity contribution in [1.29, 1.82) is 0 Å². The first-order chi connectivity index (χ1) is 7.76. The lowest BCUT2D eigenvalue weighted by atomic mass is 9.82. The van der Waals surface area contributed by atoms with Crippen molar-refractivity contribution in [2.45, 2.75) is 44.7 Å². The summed E-state index contributed by atoms with van der Waals surface area (Å²) in [5.41, 5.74) is 5.80. The fourth-order valence-corrected chi connectivity index (χ4v) is 3.54. The number of ether oxygens (including phenoxy) is 1. The van der Waals surface area contributed by atoms with Gasteiger partial charge in [-0.25, -0.2) is 0 Å². The molecule has 3 unspecified atom stereocenters. The van der Waals surface area contributed by atoms with E-state index in [1.54, 1.807) is 7.11 Å². The number of hydrogen-bond acceptors (Lipinski definition) is 3. The fourth-order valence-electron chi connectivity index (χ4n) is 3.54. The smallest absolute Gasteiger partial charge is 0.0589 e. The summed E-state index contributed by atoms with van der Waals surface area (Å²) in [5, 5.41) is 0. The third-order valence-corrected chi connectivity index (χ3v) is 4.65. The molecule has 2 heterocycles. The summed E-state index contributed by atoms with van der Waals surface area (Å²) in [4.78, 5) is 2.68.